The van der Waals surface area contributed by atoms with E-state index in [9.17, 15) is 13.2 Å². The van der Waals surface area contributed by atoms with Gasteiger partial charge in [-0.2, -0.15) is 0 Å². The predicted octanol–water partition coefficient (Wildman–Crippen LogP) is -0.233. The largest absolute Gasteiger partial charge is 0.481 e. The number of rotatable bonds is 7. The van der Waals surface area contributed by atoms with Crippen molar-refractivity contribution in [3.05, 3.63) is 0 Å². The summed E-state index contributed by atoms with van der Waals surface area (Å²) in [5.41, 5.74) is -0.639. The van der Waals surface area contributed by atoms with Crippen molar-refractivity contribution in [2.75, 3.05) is 12.8 Å². The first-order valence-electron chi connectivity index (χ1n) is 4.96. The zero-order valence-corrected chi connectivity index (χ0v) is 10.9. The molecule has 16 heavy (non-hydrogen) atoms. The Labute approximate surface area is 96.5 Å². The molecule has 3 N–H and O–H groups in total. The lowest BCUT2D eigenvalue weighted by Crippen LogP contribution is -2.51. The van der Waals surface area contributed by atoms with Gasteiger partial charge in [0.05, 0.1) is 12.7 Å². The molecule has 0 fully saturated rings. The van der Waals surface area contributed by atoms with E-state index < -0.39 is 21.5 Å². The number of nitrogens with one attached hydrogen (secondary N) is 2. The zero-order valence-electron chi connectivity index (χ0n) is 10.1. The third-order valence-corrected chi connectivity index (χ3v) is 2.76. The Kier molecular flexibility index (Phi) is 5.37. The topological polar surface area (TPSA) is 95.5 Å². The SMILES string of the molecule is CC(CC(=O)O)NCC(C)(C)NS(C)(=O)=O. The van der Waals surface area contributed by atoms with E-state index in [0.29, 0.717) is 6.54 Å². The van der Waals surface area contributed by atoms with Crippen molar-refractivity contribution in [2.45, 2.75) is 38.8 Å². The Morgan fingerprint density at radius 3 is 2.31 bits per heavy atom. The summed E-state index contributed by atoms with van der Waals surface area (Å²) in [5, 5.41) is 11.5. The van der Waals surface area contributed by atoms with Gasteiger partial charge in [-0.25, -0.2) is 13.1 Å². The van der Waals surface area contributed by atoms with E-state index in [1.54, 1.807) is 20.8 Å². The standard InChI is InChI=1S/C9H20N2O4S/c1-7(5-8(12)13)10-6-9(2,3)11-16(4,14)15/h7,10-11H,5-6H2,1-4H3,(H,12,13). The molecule has 0 aromatic heterocycles. The molecule has 0 aromatic carbocycles. The van der Waals surface area contributed by atoms with Crippen molar-refractivity contribution in [3.8, 4) is 0 Å². The summed E-state index contributed by atoms with van der Waals surface area (Å²) in [6, 6.07) is -0.196. The minimum absolute atomic E-state index is 0.00888. The molecular weight excluding hydrogens is 232 g/mol. The van der Waals surface area contributed by atoms with Gasteiger partial charge in [0.25, 0.3) is 0 Å². The summed E-state index contributed by atoms with van der Waals surface area (Å²) in [7, 11) is -3.26. The monoisotopic (exact) mass is 252 g/mol. The lowest BCUT2D eigenvalue weighted by molar-refractivity contribution is -0.137. The molecule has 0 aliphatic carbocycles. The highest BCUT2D eigenvalue weighted by molar-refractivity contribution is 7.88. The molecule has 96 valence electrons. The highest BCUT2D eigenvalue weighted by atomic mass is 32.2. The van der Waals surface area contributed by atoms with Crippen LogP contribution in [0.15, 0.2) is 0 Å². The van der Waals surface area contributed by atoms with Crippen LogP contribution in [0.2, 0.25) is 0 Å². The van der Waals surface area contributed by atoms with Crippen LogP contribution in [0.25, 0.3) is 0 Å². The van der Waals surface area contributed by atoms with Gasteiger partial charge in [-0.05, 0) is 20.8 Å². The summed E-state index contributed by atoms with van der Waals surface area (Å²) < 4.78 is 24.5. The Morgan fingerprint density at radius 1 is 1.44 bits per heavy atom. The molecular formula is C9H20N2O4S. The normalized spacial score (nSPS) is 14.8. The van der Waals surface area contributed by atoms with Crippen LogP contribution in [0.1, 0.15) is 27.2 Å². The Bertz CT molecular complexity index is 337. The van der Waals surface area contributed by atoms with Crippen LogP contribution in [0.5, 0.6) is 0 Å². The molecule has 0 heterocycles. The first-order chi connectivity index (χ1) is 7.02. The molecule has 1 atom stereocenters. The molecule has 0 saturated carbocycles. The highest BCUT2D eigenvalue weighted by Gasteiger charge is 2.22. The summed E-state index contributed by atoms with van der Waals surface area (Å²) >= 11 is 0. The van der Waals surface area contributed by atoms with Gasteiger partial charge in [0.2, 0.25) is 10.0 Å². The van der Waals surface area contributed by atoms with Gasteiger partial charge in [0, 0.05) is 18.1 Å². The third kappa shape index (κ3) is 8.63. The maximum absolute atomic E-state index is 11.0. The number of sulfonamides is 1. The van der Waals surface area contributed by atoms with Crippen molar-refractivity contribution in [1.82, 2.24) is 10.0 Å². The Morgan fingerprint density at radius 2 is 1.94 bits per heavy atom. The number of carboxylic acid groups (broad SMARTS) is 1. The maximum atomic E-state index is 11.0. The molecule has 0 bridgehead atoms. The van der Waals surface area contributed by atoms with Crippen LogP contribution >= 0.6 is 0 Å². The van der Waals surface area contributed by atoms with Gasteiger partial charge in [-0.1, -0.05) is 0 Å². The van der Waals surface area contributed by atoms with Crippen LogP contribution < -0.4 is 10.0 Å². The lowest BCUT2D eigenvalue weighted by atomic mass is 10.1. The number of carbonyl (C=O) groups is 1. The summed E-state index contributed by atoms with van der Waals surface area (Å²) in [5.74, 6) is -0.881. The minimum atomic E-state index is -3.26. The first-order valence-corrected chi connectivity index (χ1v) is 6.85. The third-order valence-electron chi connectivity index (χ3n) is 1.83. The molecule has 6 nitrogen and oxygen atoms in total. The maximum Gasteiger partial charge on any atom is 0.304 e. The quantitative estimate of drug-likeness (QED) is 0.581. The highest BCUT2D eigenvalue weighted by Crippen LogP contribution is 2.03. The fourth-order valence-corrected chi connectivity index (χ4v) is 2.38. The zero-order chi connectivity index (χ0) is 13.0. The minimum Gasteiger partial charge on any atom is -0.481 e. The Hall–Kier alpha value is -0.660. The van der Waals surface area contributed by atoms with Gasteiger partial charge in [0.15, 0.2) is 0 Å². The molecule has 7 heteroatoms. The van der Waals surface area contributed by atoms with E-state index in [2.05, 4.69) is 10.0 Å². The molecule has 0 aliphatic heterocycles. The number of hydrogen-bond donors (Lipinski definition) is 3. The van der Waals surface area contributed by atoms with Crippen LogP contribution in [0, 0.1) is 0 Å². The van der Waals surface area contributed by atoms with Crippen molar-refractivity contribution < 1.29 is 18.3 Å². The number of hydrogen-bond acceptors (Lipinski definition) is 4. The smallest absolute Gasteiger partial charge is 0.304 e. The lowest BCUT2D eigenvalue weighted by Gasteiger charge is -2.27. The van der Waals surface area contributed by atoms with E-state index in [0.717, 1.165) is 6.26 Å². The summed E-state index contributed by atoms with van der Waals surface area (Å²) in [6.45, 7) is 5.57. The second-order valence-electron chi connectivity index (χ2n) is 4.64. The second-order valence-corrected chi connectivity index (χ2v) is 6.39. The van der Waals surface area contributed by atoms with E-state index in [1.807, 2.05) is 0 Å². The van der Waals surface area contributed by atoms with Crippen molar-refractivity contribution in [1.29, 1.82) is 0 Å². The van der Waals surface area contributed by atoms with E-state index >= 15 is 0 Å². The van der Waals surface area contributed by atoms with Crippen molar-refractivity contribution in [3.63, 3.8) is 0 Å². The Balaban J connectivity index is 4.13. The molecule has 0 saturated heterocycles. The van der Waals surface area contributed by atoms with Gasteiger partial charge in [-0.3, -0.25) is 4.79 Å². The van der Waals surface area contributed by atoms with Gasteiger partial charge in [-0.15, -0.1) is 0 Å². The summed E-state index contributed by atoms with van der Waals surface area (Å²) in [4.78, 5) is 10.4. The fourth-order valence-electron chi connectivity index (χ4n) is 1.30. The predicted molar refractivity (Wildman–Crippen MR) is 61.8 cm³/mol. The average Bonchev–Trinajstić information content (AvgIpc) is 1.95. The molecule has 0 amide bonds. The average molecular weight is 252 g/mol. The molecule has 0 aliphatic rings. The fraction of sp³-hybridized carbons (Fsp3) is 0.889. The van der Waals surface area contributed by atoms with Crippen molar-refractivity contribution >= 4 is 16.0 Å². The molecule has 0 aromatic rings. The van der Waals surface area contributed by atoms with E-state index in [-0.39, 0.29) is 12.5 Å². The first kappa shape index (κ1) is 15.3. The van der Waals surface area contributed by atoms with E-state index in [4.69, 9.17) is 5.11 Å². The molecule has 0 spiro atoms. The van der Waals surface area contributed by atoms with Gasteiger partial charge < -0.3 is 10.4 Å². The molecule has 0 radical (unpaired) electrons. The van der Waals surface area contributed by atoms with Crippen LogP contribution in [0.3, 0.4) is 0 Å². The number of carboxylic acids is 1. The van der Waals surface area contributed by atoms with E-state index in [1.165, 1.54) is 0 Å². The van der Waals surface area contributed by atoms with Gasteiger partial charge in [0.1, 0.15) is 0 Å². The molecule has 1 unspecified atom stereocenters. The van der Waals surface area contributed by atoms with Crippen LogP contribution in [-0.2, 0) is 14.8 Å². The second kappa shape index (κ2) is 5.60. The van der Waals surface area contributed by atoms with Crippen molar-refractivity contribution in [2.24, 2.45) is 0 Å². The van der Waals surface area contributed by atoms with Gasteiger partial charge >= 0.3 is 5.97 Å². The molecule has 0 rings (SSSR count). The van der Waals surface area contributed by atoms with Crippen LogP contribution in [0.4, 0.5) is 0 Å². The summed E-state index contributed by atoms with van der Waals surface area (Å²) in [6.07, 6.45) is 1.10. The number of aliphatic carboxylic acids is 1. The van der Waals surface area contributed by atoms with Crippen LogP contribution in [-0.4, -0.2) is 43.9 Å².